The van der Waals surface area contributed by atoms with Crippen molar-refractivity contribution in [2.24, 2.45) is 23.7 Å². The lowest BCUT2D eigenvalue weighted by atomic mass is 9.73. The molecule has 2 aliphatic rings. The largest absolute Gasteiger partial charge is 0.0654 e. The first kappa shape index (κ1) is 7.64. The molecule has 0 aliphatic heterocycles. The molecule has 0 spiro atoms. The highest BCUT2D eigenvalue weighted by atomic mass is 14.5. The second kappa shape index (κ2) is 2.80. The molecular formula is C11H20. The van der Waals surface area contributed by atoms with Crippen LogP contribution >= 0.6 is 0 Å². The first-order valence-electron chi connectivity index (χ1n) is 5.33. The Morgan fingerprint density at radius 3 is 2.45 bits per heavy atom. The number of rotatable bonds is 2. The van der Waals surface area contributed by atoms with Gasteiger partial charge in [-0.1, -0.05) is 26.7 Å². The Morgan fingerprint density at radius 1 is 1.27 bits per heavy atom. The molecular weight excluding hydrogens is 132 g/mol. The van der Waals surface area contributed by atoms with Crippen molar-refractivity contribution < 1.29 is 0 Å². The second-order valence-electron chi connectivity index (χ2n) is 4.64. The Bertz CT molecular complexity index is 139. The fourth-order valence-corrected chi connectivity index (χ4v) is 3.28. The van der Waals surface area contributed by atoms with Gasteiger partial charge in [0.15, 0.2) is 0 Å². The van der Waals surface area contributed by atoms with E-state index in [1.165, 1.54) is 12.8 Å². The number of fused-ring (bicyclic) bond motifs is 1. The lowest BCUT2D eigenvalue weighted by Crippen LogP contribution is -2.23. The summed E-state index contributed by atoms with van der Waals surface area (Å²) in [5, 5.41) is 0. The third-order valence-electron chi connectivity index (χ3n) is 4.16. The van der Waals surface area contributed by atoms with Crippen molar-refractivity contribution in [1.29, 1.82) is 0 Å². The van der Waals surface area contributed by atoms with Gasteiger partial charge in [-0.2, -0.15) is 0 Å². The van der Waals surface area contributed by atoms with E-state index in [9.17, 15) is 0 Å². The molecule has 0 amide bonds. The van der Waals surface area contributed by atoms with Gasteiger partial charge < -0.3 is 0 Å². The van der Waals surface area contributed by atoms with Crippen LogP contribution in [0, 0.1) is 23.7 Å². The third kappa shape index (κ3) is 1.11. The van der Waals surface area contributed by atoms with Crippen LogP contribution in [0.5, 0.6) is 0 Å². The maximum absolute atomic E-state index is 2.49. The van der Waals surface area contributed by atoms with Crippen LogP contribution in [0.1, 0.15) is 46.0 Å². The molecule has 2 fully saturated rings. The summed E-state index contributed by atoms with van der Waals surface area (Å²) >= 11 is 0. The highest BCUT2D eigenvalue weighted by Crippen LogP contribution is 2.54. The summed E-state index contributed by atoms with van der Waals surface area (Å²) in [5.74, 6) is 4.46. The molecule has 0 N–H and O–H groups in total. The summed E-state index contributed by atoms with van der Waals surface area (Å²) in [4.78, 5) is 0. The highest BCUT2D eigenvalue weighted by molar-refractivity contribution is 4.94. The standard InChI is InChI=1S/C11H20/c1-3-4-9-7-10-5-6-11(10)8(9)2/h8-11H,3-7H2,1-2H3. The summed E-state index contributed by atoms with van der Waals surface area (Å²) in [7, 11) is 0. The molecule has 64 valence electrons. The summed E-state index contributed by atoms with van der Waals surface area (Å²) in [6.07, 6.45) is 7.56. The van der Waals surface area contributed by atoms with Gasteiger partial charge in [0.05, 0.1) is 0 Å². The summed E-state index contributed by atoms with van der Waals surface area (Å²) in [5.41, 5.74) is 0. The lowest BCUT2D eigenvalue weighted by Gasteiger charge is -2.32. The van der Waals surface area contributed by atoms with Crippen molar-refractivity contribution in [3.8, 4) is 0 Å². The smallest absolute Gasteiger partial charge is 0.0357 e. The van der Waals surface area contributed by atoms with Crippen LogP contribution in [0.4, 0.5) is 0 Å². The monoisotopic (exact) mass is 152 g/mol. The van der Waals surface area contributed by atoms with Crippen molar-refractivity contribution in [2.75, 3.05) is 0 Å². The zero-order valence-electron chi connectivity index (χ0n) is 7.84. The molecule has 11 heavy (non-hydrogen) atoms. The predicted molar refractivity (Wildman–Crippen MR) is 48.4 cm³/mol. The molecule has 0 aromatic rings. The van der Waals surface area contributed by atoms with Gasteiger partial charge in [0, 0.05) is 0 Å². The fraction of sp³-hybridized carbons (Fsp3) is 1.00. The van der Waals surface area contributed by atoms with E-state index in [1.54, 1.807) is 19.3 Å². The van der Waals surface area contributed by atoms with Crippen molar-refractivity contribution in [3.63, 3.8) is 0 Å². The maximum Gasteiger partial charge on any atom is -0.0357 e. The van der Waals surface area contributed by atoms with Gasteiger partial charge in [-0.25, -0.2) is 0 Å². The Kier molecular flexibility index (Phi) is 1.95. The quantitative estimate of drug-likeness (QED) is 0.568. The molecule has 2 aliphatic carbocycles. The Morgan fingerprint density at radius 2 is 2.09 bits per heavy atom. The van der Waals surface area contributed by atoms with Gasteiger partial charge >= 0.3 is 0 Å². The topological polar surface area (TPSA) is 0 Å². The van der Waals surface area contributed by atoms with Crippen LogP contribution in [0.2, 0.25) is 0 Å². The predicted octanol–water partition coefficient (Wildman–Crippen LogP) is 3.47. The van der Waals surface area contributed by atoms with Crippen LogP contribution in [-0.2, 0) is 0 Å². The molecule has 0 radical (unpaired) electrons. The van der Waals surface area contributed by atoms with Crippen molar-refractivity contribution in [1.82, 2.24) is 0 Å². The van der Waals surface area contributed by atoms with Crippen LogP contribution in [0.15, 0.2) is 0 Å². The molecule has 0 saturated heterocycles. The number of hydrogen-bond acceptors (Lipinski definition) is 0. The molecule has 0 aromatic carbocycles. The molecule has 0 nitrogen and oxygen atoms in total. The lowest BCUT2D eigenvalue weighted by molar-refractivity contribution is 0.175. The number of hydrogen-bond donors (Lipinski definition) is 0. The van der Waals surface area contributed by atoms with Gasteiger partial charge in [0.1, 0.15) is 0 Å². The average molecular weight is 152 g/mol. The molecule has 2 rings (SSSR count). The first-order chi connectivity index (χ1) is 5.33. The van der Waals surface area contributed by atoms with E-state index in [0.717, 1.165) is 23.7 Å². The molecule has 2 saturated carbocycles. The van der Waals surface area contributed by atoms with E-state index in [0.29, 0.717) is 0 Å². The molecule has 0 aromatic heterocycles. The molecule has 0 heterocycles. The van der Waals surface area contributed by atoms with Crippen molar-refractivity contribution in [2.45, 2.75) is 46.0 Å². The van der Waals surface area contributed by atoms with E-state index >= 15 is 0 Å². The van der Waals surface area contributed by atoms with Crippen LogP contribution < -0.4 is 0 Å². The molecule has 0 bridgehead atoms. The molecule has 0 heteroatoms. The van der Waals surface area contributed by atoms with Gasteiger partial charge in [-0.05, 0) is 42.9 Å². The maximum atomic E-state index is 2.49. The summed E-state index contributed by atoms with van der Waals surface area (Å²) < 4.78 is 0. The van der Waals surface area contributed by atoms with Gasteiger partial charge in [0.2, 0.25) is 0 Å². The van der Waals surface area contributed by atoms with E-state index in [-0.39, 0.29) is 0 Å². The fourth-order valence-electron chi connectivity index (χ4n) is 3.28. The minimum atomic E-state index is 1.06. The minimum absolute atomic E-state index is 1.06. The summed E-state index contributed by atoms with van der Waals surface area (Å²) in [6, 6.07) is 0. The van der Waals surface area contributed by atoms with Gasteiger partial charge in [-0.15, -0.1) is 0 Å². The zero-order valence-corrected chi connectivity index (χ0v) is 7.84. The van der Waals surface area contributed by atoms with Crippen molar-refractivity contribution >= 4 is 0 Å². The van der Waals surface area contributed by atoms with E-state index in [2.05, 4.69) is 13.8 Å². The SMILES string of the molecule is CCCC1CC2CCC2C1C. The van der Waals surface area contributed by atoms with E-state index in [1.807, 2.05) is 0 Å². The molecule has 4 atom stereocenters. The Balaban J connectivity index is 1.92. The molecule has 4 unspecified atom stereocenters. The summed E-state index contributed by atoms with van der Waals surface area (Å²) in [6.45, 7) is 4.82. The Labute approximate surface area is 70.4 Å². The van der Waals surface area contributed by atoms with Crippen LogP contribution in [0.3, 0.4) is 0 Å². The van der Waals surface area contributed by atoms with Crippen LogP contribution in [-0.4, -0.2) is 0 Å². The normalized spacial score (nSPS) is 48.5. The van der Waals surface area contributed by atoms with E-state index in [4.69, 9.17) is 0 Å². The first-order valence-corrected chi connectivity index (χ1v) is 5.33. The van der Waals surface area contributed by atoms with Crippen molar-refractivity contribution in [3.05, 3.63) is 0 Å². The zero-order chi connectivity index (χ0) is 7.84. The minimum Gasteiger partial charge on any atom is -0.0654 e. The van der Waals surface area contributed by atoms with E-state index < -0.39 is 0 Å². The van der Waals surface area contributed by atoms with Gasteiger partial charge in [-0.3, -0.25) is 0 Å². The third-order valence-corrected chi connectivity index (χ3v) is 4.16. The average Bonchev–Trinajstić information content (AvgIpc) is 2.11. The highest BCUT2D eigenvalue weighted by Gasteiger charge is 2.44. The Hall–Kier alpha value is 0. The van der Waals surface area contributed by atoms with Crippen LogP contribution in [0.25, 0.3) is 0 Å². The van der Waals surface area contributed by atoms with Gasteiger partial charge in [0.25, 0.3) is 0 Å². The second-order valence-corrected chi connectivity index (χ2v) is 4.64.